The maximum absolute atomic E-state index is 12.9. The summed E-state index contributed by atoms with van der Waals surface area (Å²) in [5, 5.41) is 12.3. The standard InChI is InChI=1S/C14H12FNO2/c1-9(17)16-12-4-2-3-10(7-12)13-6-5-11(15)8-14(13)18/h2-8,18H,1H3,(H,16,17). The van der Waals surface area contributed by atoms with Crippen molar-refractivity contribution >= 4 is 11.6 Å². The Bertz CT molecular complexity index is 596. The second-order valence-corrected chi connectivity index (χ2v) is 3.92. The lowest BCUT2D eigenvalue weighted by atomic mass is 10.0. The summed E-state index contributed by atoms with van der Waals surface area (Å²) in [5.74, 6) is -0.792. The van der Waals surface area contributed by atoms with Gasteiger partial charge in [0.1, 0.15) is 11.6 Å². The molecular formula is C14H12FNO2. The Labute approximate surface area is 104 Å². The number of hydrogen-bond acceptors (Lipinski definition) is 2. The first-order valence-electron chi connectivity index (χ1n) is 5.43. The predicted octanol–water partition coefficient (Wildman–Crippen LogP) is 3.16. The van der Waals surface area contributed by atoms with Crippen molar-refractivity contribution in [2.75, 3.05) is 5.32 Å². The van der Waals surface area contributed by atoms with Crippen LogP contribution in [-0.4, -0.2) is 11.0 Å². The molecule has 0 saturated carbocycles. The highest BCUT2D eigenvalue weighted by molar-refractivity contribution is 5.89. The third kappa shape index (κ3) is 2.66. The van der Waals surface area contributed by atoms with Gasteiger partial charge in [-0.15, -0.1) is 0 Å². The highest BCUT2D eigenvalue weighted by Gasteiger charge is 2.06. The molecule has 0 aliphatic carbocycles. The first-order valence-corrected chi connectivity index (χ1v) is 5.43. The molecule has 92 valence electrons. The van der Waals surface area contributed by atoms with Crippen LogP contribution in [0.3, 0.4) is 0 Å². The second-order valence-electron chi connectivity index (χ2n) is 3.92. The monoisotopic (exact) mass is 245 g/mol. The van der Waals surface area contributed by atoms with Crippen molar-refractivity contribution in [2.45, 2.75) is 6.92 Å². The van der Waals surface area contributed by atoms with E-state index in [0.29, 0.717) is 16.8 Å². The molecule has 18 heavy (non-hydrogen) atoms. The maximum Gasteiger partial charge on any atom is 0.221 e. The Morgan fingerprint density at radius 1 is 1.22 bits per heavy atom. The van der Waals surface area contributed by atoms with Gasteiger partial charge < -0.3 is 10.4 Å². The quantitative estimate of drug-likeness (QED) is 0.853. The lowest BCUT2D eigenvalue weighted by Crippen LogP contribution is -2.05. The van der Waals surface area contributed by atoms with Crippen molar-refractivity contribution in [1.29, 1.82) is 0 Å². The Morgan fingerprint density at radius 3 is 2.67 bits per heavy atom. The Morgan fingerprint density at radius 2 is 2.00 bits per heavy atom. The number of amides is 1. The van der Waals surface area contributed by atoms with Crippen LogP contribution in [0.4, 0.5) is 10.1 Å². The molecule has 2 aromatic carbocycles. The van der Waals surface area contributed by atoms with Crippen LogP contribution in [0, 0.1) is 5.82 Å². The molecule has 0 saturated heterocycles. The van der Waals surface area contributed by atoms with E-state index in [2.05, 4.69) is 5.32 Å². The summed E-state index contributed by atoms with van der Waals surface area (Å²) in [4.78, 5) is 11.0. The van der Waals surface area contributed by atoms with Gasteiger partial charge in [-0.2, -0.15) is 0 Å². The molecule has 0 atom stereocenters. The zero-order valence-corrected chi connectivity index (χ0v) is 9.77. The molecule has 0 radical (unpaired) electrons. The van der Waals surface area contributed by atoms with Gasteiger partial charge in [-0.05, 0) is 29.8 Å². The normalized spacial score (nSPS) is 10.1. The smallest absolute Gasteiger partial charge is 0.221 e. The molecule has 4 heteroatoms. The molecule has 0 spiro atoms. The third-order valence-electron chi connectivity index (χ3n) is 2.45. The molecule has 0 unspecified atom stereocenters. The minimum absolute atomic E-state index is 0.130. The molecule has 0 bridgehead atoms. The average Bonchev–Trinajstić information content (AvgIpc) is 2.28. The van der Waals surface area contributed by atoms with Crippen LogP contribution in [0.1, 0.15) is 6.92 Å². The highest BCUT2D eigenvalue weighted by atomic mass is 19.1. The van der Waals surface area contributed by atoms with Gasteiger partial charge in [0.05, 0.1) is 0 Å². The van der Waals surface area contributed by atoms with Gasteiger partial charge in [-0.3, -0.25) is 4.79 Å². The average molecular weight is 245 g/mol. The van der Waals surface area contributed by atoms with Gasteiger partial charge in [-0.25, -0.2) is 4.39 Å². The number of phenols is 1. The molecule has 2 aromatic rings. The lowest BCUT2D eigenvalue weighted by Gasteiger charge is -2.07. The number of carbonyl (C=O) groups is 1. The number of anilines is 1. The summed E-state index contributed by atoms with van der Waals surface area (Å²) < 4.78 is 12.9. The summed E-state index contributed by atoms with van der Waals surface area (Å²) in [6, 6.07) is 10.8. The number of phenolic OH excluding ortho intramolecular Hbond substituents is 1. The van der Waals surface area contributed by atoms with E-state index in [1.807, 2.05) is 0 Å². The fraction of sp³-hybridized carbons (Fsp3) is 0.0714. The first kappa shape index (κ1) is 12.1. The SMILES string of the molecule is CC(=O)Nc1cccc(-c2ccc(F)cc2O)c1. The van der Waals surface area contributed by atoms with Gasteiger partial charge in [0, 0.05) is 24.2 Å². The van der Waals surface area contributed by atoms with E-state index in [0.717, 1.165) is 6.07 Å². The molecule has 1 amide bonds. The number of nitrogens with one attached hydrogen (secondary N) is 1. The van der Waals surface area contributed by atoms with Crippen molar-refractivity contribution in [3.63, 3.8) is 0 Å². The van der Waals surface area contributed by atoms with Gasteiger partial charge in [0.15, 0.2) is 0 Å². The minimum atomic E-state index is -0.491. The Balaban J connectivity index is 2.41. The molecule has 3 nitrogen and oxygen atoms in total. The first-order chi connectivity index (χ1) is 8.56. The number of aromatic hydroxyl groups is 1. The summed E-state index contributed by atoms with van der Waals surface area (Å²) in [5.41, 5.74) is 1.85. The fourth-order valence-electron chi connectivity index (χ4n) is 1.72. The zero-order chi connectivity index (χ0) is 13.1. The molecule has 2 rings (SSSR count). The van der Waals surface area contributed by atoms with Gasteiger partial charge in [0.2, 0.25) is 5.91 Å². The fourth-order valence-corrected chi connectivity index (χ4v) is 1.72. The highest BCUT2D eigenvalue weighted by Crippen LogP contribution is 2.30. The summed E-state index contributed by atoms with van der Waals surface area (Å²) in [6.45, 7) is 1.42. The molecular weight excluding hydrogens is 233 g/mol. The van der Waals surface area contributed by atoms with Crippen molar-refractivity contribution in [1.82, 2.24) is 0 Å². The molecule has 0 aliphatic rings. The third-order valence-corrected chi connectivity index (χ3v) is 2.45. The summed E-state index contributed by atoms with van der Waals surface area (Å²) >= 11 is 0. The Hall–Kier alpha value is -2.36. The van der Waals surface area contributed by atoms with Crippen LogP contribution < -0.4 is 5.32 Å². The number of carbonyl (C=O) groups excluding carboxylic acids is 1. The van der Waals surface area contributed by atoms with Crippen molar-refractivity contribution in [2.24, 2.45) is 0 Å². The number of halogens is 1. The molecule has 0 heterocycles. The molecule has 0 fully saturated rings. The van der Waals surface area contributed by atoms with Crippen LogP contribution in [-0.2, 0) is 4.79 Å². The van der Waals surface area contributed by atoms with E-state index in [1.54, 1.807) is 24.3 Å². The van der Waals surface area contributed by atoms with Crippen LogP contribution in [0.15, 0.2) is 42.5 Å². The second kappa shape index (κ2) is 4.87. The van der Waals surface area contributed by atoms with E-state index < -0.39 is 5.82 Å². The summed E-state index contributed by atoms with van der Waals surface area (Å²) in [6.07, 6.45) is 0. The van der Waals surface area contributed by atoms with Gasteiger partial charge in [0.25, 0.3) is 0 Å². The summed E-state index contributed by atoms with van der Waals surface area (Å²) in [7, 11) is 0. The van der Waals surface area contributed by atoms with Crippen molar-refractivity contribution in [3.8, 4) is 16.9 Å². The van der Waals surface area contributed by atoms with E-state index in [-0.39, 0.29) is 11.7 Å². The van der Waals surface area contributed by atoms with E-state index in [1.165, 1.54) is 19.1 Å². The van der Waals surface area contributed by atoms with Crippen LogP contribution in [0.25, 0.3) is 11.1 Å². The van der Waals surface area contributed by atoms with Crippen LogP contribution in [0.2, 0.25) is 0 Å². The van der Waals surface area contributed by atoms with Gasteiger partial charge >= 0.3 is 0 Å². The molecule has 0 aliphatic heterocycles. The zero-order valence-electron chi connectivity index (χ0n) is 9.77. The van der Waals surface area contributed by atoms with Crippen molar-refractivity contribution < 1.29 is 14.3 Å². The Kier molecular flexibility index (Phi) is 3.28. The number of benzene rings is 2. The van der Waals surface area contributed by atoms with E-state index in [9.17, 15) is 14.3 Å². The van der Waals surface area contributed by atoms with E-state index in [4.69, 9.17) is 0 Å². The van der Waals surface area contributed by atoms with E-state index >= 15 is 0 Å². The molecule has 2 N–H and O–H groups in total. The largest absolute Gasteiger partial charge is 0.507 e. The topological polar surface area (TPSA) is 49.3 Å². The minimum Gasteiger partial charge on any atom is -0.507 e. The van der Waals surface area contributed by atoms with Crippen molar-refractivity contribution in [3.05, 3.63) is 48.3 Å². The number of rotatable bonds is 2. The van der Waals surface area contributed by atoms with Crippen LogP contribution in [0.5, 0.6) is 5.75 Å². The maximum atomic E-state index is 12.9. The van der Waals surface area contributed by atoms with Gasteiger partial charge in [-0.1, -0.05) is 12.1 Å². The predicted molar refractivity (Wildman–Crippen MR) is 67.8 cm³/mol. The molecule has 0 aromatic heterocycles. The lowest BCUT2D eigenvalue weighted by molar-refractivity contribution is -0.114. The number of hydrogen-bond donors (Lipinski definition) is 2. The van der Waals surface area contributed by atoms with Crippen LogP contribution >= 0.6 is 0 Å².